The maximum atomic E-state index is 5.63. The van der Waals surface area contributed by atoms with Crippen LogP contribution in [0.15, 0.2) is 16.6 Å². The molecule has 0 unspecified atom stereocenters. The summed E-state index contributed by atoms with van der Waals surface area (Å²) in [5, 5.41) is 0. The lowest BCUT2D eigenvalue weighted by molar-refractivity contribution is -0.0168. The van der Waals surface area contributed by atoms with Gasteiger partial charge in [-0.25, -0.2) is 0 Å². The van der Waals surface area contributed by atoms with Crippen molar-refractivity contribution in [3.05, 3.63) is 27.7 Å². The summed E-state index contributed by atoms with van der Waals surface area (Å²) >= 11 is 3.44. The molecule has 1 aromatic rings. The van der Waals surface area contributed by atoms with Crippen molar-refractivity contribution in [2.24, 2.45) is 5.73 Å². The second-order valence-electron chi connectivity index (χ2n) is 2.82. The first kappa shape index (κ1) is 8.99. The van der Waals surface area contributed by atoms with E-state index in [-0.39, 0.29) is 0 Å². The molecule has 13 heavy (non-hydrogen) atoms. The largest absolute Gasteiger partial charge is 0.467 e. The minimum atomic E-state index is 0.332. The van der Waals surface area contributed by atoms with Crippen LogP contribution in [0.2, 0.25) is 0 Å². The second-order valence-corrected chi connectivity index (χ2v) is 3.67. The molecule has 0 saturated heterocycles. The Balaban J connectivity index is 2.52. The summed E-state index contributed by atoms with van der Waals surface area (Å²) in [7, 11) is 0. The molecule has 0 atom stereocenters. The third-order valence-corrected chi connectivity index (χ3v) is 2.82. The van der Waals surface area contributed by atoms with E-state index in [2.05, 4.69) is 15.9 Å². The molecule has 0 amide bonds. The van der Waals surface area contributed by atoms with Crippen molar-refractivity contribution in [1.82, 2.24) is 0 Å². The maximum absolute atomic E-state index is 5.63. The standard InChI is InChI=1S/C9H10BrNO2/c10-8-1-2-9-7(6(8)3-11)4-12-5-13-9/h1-2H,3-5,11H2. The molecule has 0 bridgehead atoms. The average molecular weight is 244 g/mol. The van der Waals surface area contributed by atoms with Crippen molar-refractivity contribution >= 4 is 15.9 Å². The van der Waals surface area contributed by atoms with E-state index in [1.54, 1.807) is 0 Å². The van der Waals surface area contributed by atoms with Crippen molar-refractivity contribution in [3.8, 4) is 5.75 Å². The molecule has 1 aromatic carbocycles. The average Bonchev–Trinajstić information content (AvgIpc) is 2.18. The third kappa shape index (κ3) is 1.57. The van der Waals surface area contributed by atoms with E-state index < -0.39 is 0 Å². The molecule has 4 heteroatoms. The molecule has 0 spiro atoms. The van der Waals surface area contributed by atoms with Crippen molar-refractivity contribution in [2.45, 2.75) is 13.2 Å². The summed E-state index contributed by atoms with van der Waals surface area (Å²) < 4.78 is 11.5. The molecule has 0 aliphatic carbocycles. The quantitative estimate of drug-likeness (QED) is 0.818. The van der Waals surface area contributed by atoms with Gasteiger partial charge in [0.2, 0.25) is 0 Å². The van der Waals surface area contributed by atoms with Crippen LogP contribution in [-0.2, 0) is 17.9 Å². The van der Waals surface area contributed by atoms with Crippen LogP contribution in [0.1, 0.15) is 11.1 Å². The Kier molecular flexibility index (Phi) is 2.53. The molecular weight excluding hydrogens is 234 g/mol. The molecule has 1 aliphatic heterocycles. The highest BCUT2D eigenvalue weighted by molar-refractivity contribution is 9.10. The Hall–Kier alpha value is -0.580. The monoisotopic (exact) mass is 243 g/mol. The highest BCUT2D eigenvalue weighted by Crippen LogP contribution is 2.31. The number of rotatable bonds is 1. The van der Waals surface area contributed by atoms with Crippen molar-refractivity contribution in [1.29, 1.82) is 0 Å². The number of hydrogen-bond donors (Lipinski definition) is 1. The fourth-order valence-electron chi connectivity index (χ4n) is 1.41. The minimum Gasteiger partial charge on any atom is -0.467 e. The fourth-order valence-corrected chi connectivity index (χ4v) is 1.94. The van der Waals surface area contributed by atoms with Gasteiger partial charge >= 0.3 is 0 Å². The van der Waals surface area contributed by atoms with Gasteiger partial charge in [0.15, 0.2) is 6.79 Å². The van der Waals surface area contributed by atoms with E-state index in [9.17, 15) is 0 Å². The van der Waals surface area contributed by atoms with Crippen LogP contribution in [-0.4, -0.2) is 6.79 Å². The van der Waals surface area contributed by atoms with Gasteiger partial charge in [0.1, 0.15) is 5.75 Å². The van der Waals surface area contributed by atoms with E-state index in [0.717, 1.165) is 21.3 Å². The molecule has 0 aromatic heterocycles. The SMILES string of the molecule is NCc1c(Br)ccc2c1COCO2. The van der Waals surface area contributed by atoms with Gasteiger partial charge in [0, 0.05) is 16.6 Å². The van der Waals surface area contributed by atoms with Crippen LogP contribution in [0.5, 0.6) is 5.75 Å². The predicted molar refractivity (Wildman–Crippen MR) is 52.3 cm³/mol. The van der Waals surface area contributed by atoms with Gasteiger partial charge in [-0.15, -0.1) is 0 Å². The van der Waals surface area contributed by atoms with Gasteiger partial charge in [-0.2, -0.15) is 0 Å². The summed E-state index contributed by atoms with van der Waals surface area (Å²) in [5.41, 5.74) is 7.76. The first-order chi connectivity index (χ1) is 6.33. The van der Waals surface area contributed by atoms with E-state index in [1.165, 1.54) is 0 Å². The van der Waals surface area contributed by atoms with E-state index in [0.29, 0.717) is 19.9 Å². The molecule has 2 rings (SSSR count). The predicted octanol–water partition coefficient (Wildman–Crippen LogP) is 1.77. The third-order valence-electron chi connectivity index (χ3n) is 2.08. The smallest absolute Gasteiger partial charge is 0.189 e. The molecular formula is C9H10BrNO2. The number of fused-ring (bicyclic) bond motifs is 1. The fraction of sp³-hybridized carbons (Fsp3) is 0.333. The minimum absolute atomic E-state index is 0.332. The Bertz CT molecular complexity index is 328. The highest BCUT2D eigenvalue weighted by atomic mass is 79.9. The first-order valence-electron chi connectivity index (χ1n) is 4.04. The number of benzene rings is 1. The van der Waals surface area contributed by atoms with Crippen molar-refractivity contribution in [3.63, 3.8) is 0 Å². The summed E-state index contributed by atoms with van der Waals surface area (Å²) in [6.45, 7) is 1.41. The molecule has 70 valence electrons. The van der Waals surface area contributed by atoms with Gasteiger partial charge in [0.25, 0.3) is 0 Å². The Morgan fingerprint density at radius 3 is 3.08 bits per heavy atom. The molecule has 0 fully saturated rings. The lowest BCUT2D eigenvalue weighted by Gasteiger charge is -2.20. The second kappa shape index (κ2) is 3.65. The van der Waals surface area contributed by atoms with Gasteiger partial charge in [0.05, 0.1) is 6.61 Å². The van der Waals surface area contributed by atoms with Crippen LogP contribution < -0.4 is 10.5 Å². The highest BCUT2D eigenvalue weighted by Gasteiger charge is 2.15. The molecule has 3 nitrogen and oxygen atoms in total. The molecule has 2 N–H and O–H groups in total. The Morgan fingerprint density at radius 2 is 2.31 bits per heavy atom. The van der Waals surface area contributed by atoms with Crippen molar-refractivity contribution in [2.75, 3.05) is 6.79 Å². The molecule has 0 radical (unpaired) electrons. The van der Waals surface area contributed by atoms with Crippen LogP contribution in [0.3, 0.4) is 0 Å². The zero-order chi connectivity index (χ0) is 9.26. The summed E-state index contributed by atoms with van der Waals surface area (Å²) in [5.74, 6) is 0.884. The number of hydrogen-bond acceptors (Lipinski definition) is 3. The van der Waals surface area contributed by atoms with Crippen LogP contribution in [0.4, 0.5) is 0 Å². The Morgan fingerprint density at radius 1 is 1.46 bits per heavy atom. The maximum Gasteiger partial charge on any atom is 0.189 e. The van der Waals surface area contributed by atoms with Crippen molar-refractivity contribution < 1.29 is 9.47 Å². The number of halogens is 1. The van der Waals surface area contributed by atoms with E-state index in [1.807, 2.05) is 12.1 Å². The van der Waals surface area contributed by atoms with Crippen LogP contribution >= 0.6 is 15.9 Å². The summed E-state index contributed by atoms with van der Waals surface area (Å²) in [6.07, 6.45) is 0. The first-order valence-corrected chi connectivity index (χ1v) is 4.83. The molecule has 1 heterocycles. The van der Waals surface area contributed by atoms with E-state index in [4.69, 9.17) is 15.2 Å². The zero-order valence-corrected chi connectivity index (χ0v) is 8.63. The topological polar surface area (TPSA) is 44.5 Å². The van der Waals surface area contributed by atoms with Gasteiger partial charge in [-0.3, -0.25) is 0 Å². The summed E-state index contributed by atoms with van der Waals surface area (Å²) in [4.78, 5) is 0. The molecule has 1 aliphatic rings. The molecule has 0 saturated carbocycles. The lowest BCUT2D eigenvalue weighted by Crippen LogP contribution is -2.14. The van der Waals surface area contributed by atoms with E-state index >= 15 is 0 Å². The van der Waals surface area contributed by atoms with Gasteiger partial charge in [-0.1, -0.05) is 15.9 Å². The summed E-state index contributed by atoms with van der Waals surface area (Å²) in [6, 6.07) is 3.88. The van der Waals surface area contributed by atoms with Gasteiger partial charge in [-0.05, 0) is 17.7 Å². The van der Waals surface area contributed by atoms with Crippen LogP contribution in [0, 0.1) is 0 Å². The number of nitrogens with two attached hydrogens (primary N) is 1. The normalized spacial score (nSPS) is 14.9. The Labute approximate surface area is 85.0 Å². The number of ether oxygens (including phenoxy) is 2. The lowest BCUT2D eigenvalue weighted by atomic mass is 10.1. The zero-order valence-electron chi connectivity index (χ0n) is 7.05. The van der Waals surface area contributed by atoms with Crippen LogP contribution in [0.25, 0.3) is 0 Å². The van der Waals surface area contributed by atoms with Gasteiger partial charge < -0.3 is 15.2 Å².